The highest BCUT2D eigenvalue weighted by Crippen LogP contribution is 2.28. The molecule has 0 radical (unpaired) electrons. The van der Waals surface area contributed by atoms with Crippen LogP contribution in [0.25, 0.3) is 6.08 Å². The molecule has 2 N–H and O–H groups in total. The van der Waals surface area contributed by atoms with Gasteiger partial charge in [0.15, 0.2) is 5.17 Å². The van der Waals surface area contributed by atoms with Crippen LogP contribution in [-0.4, -0.2) is 22.2 Å². The van der Waals surface area contributed by atoms with E-state index in [0.29, 0.717) is 15.8 Å². The standard InChI is InChI=1S/C20H16N2O3S/c1-13-10-11-15(19(24)25)12-16(13)21-20-22-18(23)17(26-20)9-5-8-14-6-3-2-4-7-14/h2-12H,1H3,(H,24,25)(H,21,22,23)/b8-5+,17-9-. The van der Waals surface area contributed by atoms with E-state index in [-0.39, 0.29) is 11.5 Å². The average molecular weight is 364 g/mol. The molecule has 1 aliphatic heterocycles. The number of aliphatic imine (C=N–C) groups is 1. The second-order valence-electron chi connectivity index (χ2n) is 5.58. The first-order chi connectivity index (χ1) is 12.5. The number of carboxylic acids is 1. The molecule has 0 aliphatic carbocycles. The minimum Gasteiger partial charge on any atom is -0.478 e. The van der Waals surface area contributed by atoms with Crippen LogP contribution in [0.15, 0.2) is 70.6 Å². The molecule has 3 rings (SSSR count). The Morgan fingerprint density at radius 2 is 1.96 bits per heavy atom. The van der Waals surface area contributed by atoms with Crippen molar-refractivity contribution in [1.29, 1.82) is 0 Å². The summed E-state index contributed by atoms with van der Waals surface area (Å²) in [5.74, 6) is -1.24. The van der Waals surface area contributed by atoms with Crippen LogP contribution >= 0.6 is 11.8 Å². The zero-order valence-electron chi connectivity index (χ0n) is 14.0. The summed E-state index contributed by atoms with van der Waals surface area (Å²) in [5, 5.41) is 12.2. The van der Waals surface area contributed by atoms with E-state index < -0.39 is 5.97 Å². The van der Waals surface area contributed by atoms with Crippen LogP contribution in [0.1, 0.15) is 21.5 Å². The monoisotopic (exact) mass is 364 g/mol. The van der Waals surface area contributed by atoms with Crippen molar-refractivity contribution in [3.63, 3.8) is 0 Å². The van der Waals surface area contributed by atoms with Crippen molar-refractivity contribution < 1.29 is 14.7 Å². The molecule has 0 saturated carbocycles. The van der Waals surface area contributed by atoms with Crippen LogP contribution in [0, 0.1) is 6.92 Å². The number of rotatable bonds is 4. The lowest BCUT2D eigenvalue weighted by molar-refractivity contribution is -0.115. The number of aryl methyl sites for hydroxylation is 1. The number of thioether (sulfide) groups is 1. The van der Waals surface area contributed by atoms with Crippen LogP contribution in [-0.2, 0) is 4.79 Å². The van der Waals surface area contributed by atoms with Gasteiger partial charge in [0.25, 0.3) is 5.91 Å². The summed E-state index contributed by atoms with van der Waals surface area (Å²) in [6.07, 6.45) is 5.46. The van der Waals surface area contributed by atoms with Crippen LogP contribution in [0.2, 0.25) is 0 Å². The Labute approximate surface area is 155 Å². The second kappa shape index (κ2) is 7.84. The number of benzene rings is 2. The van der Waals surface area contributed by atoms with E-state index in [1.165, 1.54) is 23.9 Å². The molecule has 0 aromatic heterocycles. The van der Waals surface area contributed by atoms with Crippen molar-refractivity contribution in [3.8, 4) is 0 Å². The number of carboxylic acid groups (broad SMARTS) is 1. The molecule has 6 heteroatoms. The maximum absolute atomic E-state index is 12.1. The lowest BCUT2D eigenvalue weighted by Gasteiger charge is -2.03. The van der Waals surface area contributed by atoms with Crippen molar-refractivity contribution >= 4 is 40.6 Å². The van der Waals surface area contributed by atoms with Crippen molar-refractivity contribution in [2.24, 2.45) is 4.99 Å². The third kappa shape index (κ3) is 4.29. The van der Waals surface area contributed by atoms with Crippen molar-refractivity contribution in [2.75, 3.05) is 0 Å². The SMILES string of the molecule is Cc1ccc(C(=O)O)cc1N=C1NC(=O)/C(=C/C=C/c2ccccc2)S1. The van der Waals surface area contributed by atoms with E-state index in [4.69, 9.17) is 5.11 Å². The molecule has 1 aliphatic rings. The maximum atomic E-state index is 12.1. The zero-order valence-corrected chi connectivity index (χ0v) is 14.8. The summed E-state index contributed by atoms with van der Waals surface area (Å²) in [5.41, 5.74) is 2.56. The number of amides is 1. The summed E-state index contributed by atoms with van der Waals surface area (Å²) in [7, 11) is 0. The summed E-state index contributed by atoms with van der Waals surface area (Å²) in [6.45, 7) is 1.84. The van der Waals surface area contributed by atoms with Crippen LogP contribution in [0.5, 0.6) is 0 Å². The van der Waals surface area contributed by atoms with E-state index in [9.17, 15) is 9.59 Å². The highest BCUT2D eigenvalue weighted by atomic mass is 32.2. The average Bonchev–Trinajstić information content (AvgIpc) is 2.97. The molecule has 1 saturated heterocycles. The third-order valence-electron chi connectivity index (χ3n) is 3.66. The number of nitrogens with zero attached hydrogens (tertiary/aromatic N) is 1. The van der Waals surface area contributed by atoms with E-state index in [1.54, 1.807) is 12.1 Å². The Kier molecular flexibility index (Phi) is 5.34. The van der Waals surface area contributed by atoms with Gasteiger partial charge in [0.05, 0.1) is 16.2 Å². The smallest absolute Gasteiger partial charge is 0.335 e. The lowest BCUT2D eigenvalue weighted by atomic mass is 10.1. The Morgan fingerprint density at radius 3 is 2.69 bits per heavy atom. The largest absolute Gasteiger partial charge is 0.478 e. The Morgan fingerprint density at radius 1 is 1.19 bits per heavy atom. The van der Waals surface area contributed by atoms with Crippen LogP contribution in [0.3, 0.4) is 0 Å². The number of amidine groups is 1. The first-order valence-electron chi connectivity index (χ1n) is 7.88. The quantitative estimate of drug-likeness (QED) is 0.799. The molecular weight excluding hydrogens is 348 g/mol. The molecule has 0 unspecified atom stereocenters. The van der Waals surface area contributed by atoms with Gasteiger partial charge in [-0.3, -0.25) is 4.79 Å². The third-order valence-corrected chi connectivity index (χ3v) is 4.59. The van der Waals surface area contributed by atoms with Gasteiger partial charge in [-0.05, 0) is 48.0 Å². The number of aromatic carboxylic acids is 1. The maximum Gasteiger partial charge on any atom is 0.335 e. The Bertz CT molecular complexity index is 947. The first-order valence-corrected chi connectivity index (χ1v) is 8.70. The highest BCUT2D eigenvalue weighted by molar-refractivity contribution is 8.18. The minimum absolute atomic E-state index is 0.158. The van der Waals surface area contributed by atoms with Gasteiger partial charge in [0.2, 0.25) is 0 Å². The van der Waals surface area contributed by atoms with Crippen LogP contribution in [0.4, 0.5) is 5.69 Å². The molecule has 0 atom stereocenters. The van der Waals surface area contributed by atoms with Gasteiger partial charge >= 0.3 is 5.97 Å². The first kappa shape index (κ1) is 17.7. The molecule has 130 valence electrons. The van der Waals surface area contributed by atoms with Crippen LogP contribution < -0.4 is 5.32 Å². The summed E-state index contributed by atoms with van der Waals surface area (Å²) in [4.78, 5) is 28.1. The number of hydrogen-bond acceptors (Lipinski definition) is 4. The fourth-order valence-corrected chi connectivity index (χ4v) is 3.06. The Balaban J connectivity index is 1.78. The predicted octanol–water partition coefficient (Wildman–Crippen LogP) is 4.14. The van der Waals surface area contributed by atoms with Gasteiger partial charge in [0.1, 0.15) is 0 Å². The molecule has 1 fully saturated rings. The van der Waals surface area contributed by atoms with E-state index in [0.717, 1.165) is 11.1 Å². The molecular formula is C20H16N2O3S. The van der Waals surface area contributed by atoms with E-state index in [1.807, 2.05) is 49.4 Å². The molecule has 2 aromatic rings. The topological polar surface area (TPSA) is 78.8 Å². The van der Waals surface area contributed by atoms with Gasteiger partial charge in [0, 0.05) is 0 Å². The number of nitrogens with one attached hydrogen (secondary N) is 1. The van der Waals surface area contributed by atoms with Gasteiger partial charge < -0.3 is 10.4 Å². The van der Waals surface area contributed by atoms with E-state index >= 15 is 0 Å². The fourth-order valence-electron chi connectivity index (χ4n) is 2.28. The predicted molar refractivity (Wildman–Crippen MR) is 105 cm³/mol. The van der Waals surface area contributed by atoms with Crippen molar-refractivity contribution in [2.45, 2.75) is 6.92 Å². The second-order valence-corrected chi connectivity index (χ2v) is 6.61. The van der Waals surface area contributed by atoms with Gasteiger partial charge in [-0.15, -0.1) is 0 Å². The van der Waals surface area contributed by atoms with Crippen molar-refractivity contribution in [1.82, 2.24) is 5.32 Å². The number of allylic oxidation sites excluding steroid dienone is 2. The number of carbonyl (C=O) groups excluding carboxylic acids is 1. The normalized spacial score (nSPS) is 17.2. The molecule has 0 spiro atoms. The molecule has 2 aromatic carbocycles. The van der Waals surface area contributed by atoms with E-state index in [2.05, 4.69) is 10.3 Å². The Hall–Kier alpha value is -3.12. The van der Waals surface area contributed by atoms with Gasteiger partial charge in [-0.25, -0.2) is 9.79 Å². The summed E-state index contributed by atoms with van der Waals surface area (Å²) in [6, 6.07) is 14.5. The zero-order chi connectivity index (χ0) is 18.5. The molecule has 1 amide bonds. The lowest BCUT2D eigenvalue weighted by Crippen LogP contribution is -2.19. The molecule has 0 bridgehead atoms. The summed E-state index contributed by atoms with van der Waals surface area (Å²) < 4.78 is 0. The molecule has 5 nitrogen and oxygen atoms in total. The number of carbonyl (C=O) groups is 2. The molecule has 26 heavy (non-hydrogen) atoms. The summed E-state index contributed by atoms with van der Waals surface area (Å²) >= 11 is 1.22. The van der Waals surface area contributed by atoms with Crippen molar-refractivity contribution in [3.05, 3.63) is 82.3 Å². The van der Waals surface area contributed by atoms with Gasteiger partial charge in [-0.2, -0.15) is 0 Å². The highest BCUT2D eigenvalue weighted by Gasteiger charge is 2.23. The fraction of sp³-hybridized carbons (Fsp3) is 0.0500. The minimum atomic E-state index is -1.01. The van der Waals surface area contributed by atoms with Gasteiger partial charge in [-0.1, -0.05) is 48.6 Å². The number of hydrogen-bond donors (Lipinski definition) is 2. The molecule has 1 heterocycles.